The zero-order chi connectivity index (χ0) is 28.5. The number of methoxy groups -OCH3 is 1. The van der Waals surface area contributed by atoms with Crippen LogP contribution in [0.2, 0.25) is 0 Å². The summed E-state index contributed by atoms with van der Waals surface area (Å²) < 4.78 is 34.3. The summed E-state index contributed by atoms with van der Waals surface area (Å²) in [6.07, 6.45) is 0. The lowest BCUT2D eigenvalue weighted by atomic mass is 9.87. The van der Waals surface area contributed by atoms with Gasteiger partial charge in [0.1, 0.15) is 11.4 Å². The molecule has 0 aliphatic heterocycles. The number of H-pyrrole nitrogens is 1. The maximum absolute atomic E-state index is 13.4. The first-order valence-electron chi connectivity index (χ1n) is 12.8. The molecule has 204 valence electrons. The third-order valence-corrected chi connectivity index (χ3v) is 8.12. The Bertz CT molecular complexity index is 1770. The van der Waals surface area contributed by atoms with Gasteiger partial charge in [0, 0.05) is 27.8 Å². The van der Waals surface area contributed by atoms with Crippen molar-refractivity contribution in [2.24, 2.45) is 0 Å². The average Bonchev–Trinajstić information content (AvgIpc) is 3.32. The van der Waals surface area contributed by atoms with Gasteiger partial charge >= 0.3 is 0 Å². The number of fused-ring (bicyclic) bond motifs is 1. The summed E-state index contributed by atoms with van der Waals surface area (Å²) in [6, 6.07) is 28.7. The van der Waals surface area contributed by atoms with Crippen LogP contribution in [-0.4, -0.2) is 26.4 Å². The van der Waals surface area contributed by atoms with Crippen LogP contribution in [0.5, 0.6) is 5.75 Å². The van der Waals surface area contributed by atoms with Crippen molar-refractivity contribution in [1.29, 1.82) is 0 Å². The molecule has 5 rings (SSSR count). The van der Waals surface area contributed by atoms with Crippen LogP contribution in [-0.2, 0) is 15.4 Å². The second-order valence-electron chi connectivity index (χ2n) is 10.6. The van der Waals surface area contributed by atoms with E-state index >= 15 is 0 Å². The van der Waals surface area contributed by atoms with Gasteiger partial charge in [-0.1, -0.05) is 63.2 Å². The molecule has 0 bridgehead atoms. The molecule has 4 aromatic carbocycles. The van der Waals surface area contributed by atoms with Crippen LogP contribution in [0.3, 0.4) is 0 Å². The van der Waals surface area contributed by atoms with E-state index in [1.165, 1.54) is 0 Å². The number of benzene rings is 4. The fourth-order valence-corrected chi connectivity index (χ4v) is 5.60. The highest BCUT2D eigenvalue weighted by atomic mass is 32.2. The van der Waals surface area contributed by atoms with E-state index in [0.29, 0.717) is 33.9 Å². The maximum Gasteiger partial charge on any atom is 0.272 e. The van der Waals surface area contributed by atoms with Gasteiger partial charge < -0.3 is 15.0 Å². The van der Waals surface area contributed by atoms with E-state index in [2.05, 4.69) is 35.8 Å². The summed E-state index contributed by atoms with van der Waals surface area (Å²) in [6.45, 7) is 6.24. The second kappa shape index (κ2) is 10.5. The molecule has 1 amide bonds. The van der Waals surface area contributed by atoms with Crippen molar-refractivity contribution >= 4 is 38.2 Å². The van der Waals surface area contributed by atoms with Crippen molar-refractivity contribution in [1.82, 2.24) is 4.98 Å². The van der Waals surface area contributed by atoms with Crippen LogP contribution >= 0.6 is 0 Å². The van der Waals surface area contributed by atoms with Gasteiger partial charge in [0.15, 0.2) is 0 Å². The van der Waals surface area contributed by atoms with Crippen molar-refractivity contribution in [2.75, 3.05) is 17.1 Å². The third-order valence-electron chi connectivity index (χ3n) is 6.72. The number of aromatic amines is 1. The Morgan fingerprint density at radius 2 is 1.48 bits per heavy atom. The van der Waals surface area contributed by atoms with Gasteiger partial charge in [0.25, 0.3) is 15.9 Å². The topological polar surface area (TPSA) is 100 Å². The zero-order valence-corrected chi connectivity index (χ0v) is 23.6. The Hall–Kier alpha value is -4.56. The smallest absolute Gasteiger partial charge is 0.272 e. The summed E-state index contributed by atoms with van der Waals surface area (Å²) in [5, 5.41) is 3.65. The fraction of sp³-hybridized carbons (Fsp3) is 0.156. The van der Waals surface area contributed by atoms with Crippen LogP contribution in [0.25, 0.3) is 22.0 Å². The van der Waals surface area contributed by atoms with Gasteiger partial charge in [-0.25, -0.2) is 8.42 Å². The summed E-state index contributed by atoms with van der Waals surface area (Å²) >= 11 is 0. The van der Waals surface area contributed by atoms with Crippen molar-refractivity contribution in [2.45, 2.75) is 31.1 Å². The predicted molar refractivity (Wildman–Crippen MR) is 161 cm³/mol. The maximum atomic E-state index is 13.4. The Kier molecular flexibility index (Phi) is 7.12. The molecule has 1 heterocycles. The number of carbonyl (C=O) groups excluding carboxylic acids is 1. The summed E-state index contributed by atoms with van der Waals surface area (Å²) in [7, 11) is -2.24. The van der Waals surface area contributed by atoms with Gasteiger partial charge in [-0.3, -0.25) is 9.52 Å². The highest BCUT2D eigenvalue weighted by Crippen LogP contribution is 2.35. The molecule has 0 radical (unpaired) electrons. The quantitative estimate of drug-likeness (QED) is 0.198. The van der Waals surface area contributed by atoms with Crippen LogP contribution in [0.1, 0.15) is 36.8 Å². The molecule has 0 unspecified atom stereocenters. The first-order valence-corrected chi connectivity index (χ1v) is 14.3. The number of aromatic nitrogens is 1. The normalized spacial score (nSPS) is 11.8. The first-order chi connectivity index (χ1) is 19.0. The zero-order valence-electron chi connectivity index (χ0n) is 22.8. The van der Waals surface area contributed by atoms with Crippen LogP contribution in [0.4, 0.5) is 11.4 Å². The number of anilines is 2. The Morgan fingerprint density at radius 3 is 2.10 bits per heavy atom. The van der Waals surface area contributed by atoms with Crippen LogP contribution in [0, 0.1) is 0 Å². The minimum absolute atomic E-state index is 0.0831. The number of amides is 1. The molecule has 0 saturated carbocycles. The van der Waals surface area contributed by atoms with Crippen molar-refractivity contribution in [3.8, 4) is 16.9 Å². The molecule has 0 aliphatic rings. The molecule has 1 aromatic heterocycles. The van der Waals surface area contributed by atoms with Gasteiger partial charge in [0.2, 0.25) is 0 Å². The SMILES string of the molecule is COc1ccc(NC(=O)c2[nH]c3ccc(NS(=O)(=O)c4ccc(C(C)(C)C)cc4)cc3c2-c2ccccc2)cc1. The van der Waals surface area contributed by atoms with Crippen LogP contribution < -0.4 is 14.8 Å². The lowest BCUT2D eigenvalue weighted by Gasteiger charge is -2.19. The van der Waals surface area contributed by atoms with E-state index in [9.17, 15) is 13.2 Å². The predicted octanol–water partition coefficient (Wildman–Crippen LogP) is 7.19. The Balaban J connectivity index is 1.51. The third kappa shape index (κ3) is 5.58. The molecular formula is C32H31N3O4S. The standard InChI is InChI=1S/C32H31N3O4S/c1-32(2,3)22-10-17-26(18-11-22)40(37,38)35-24-14-19-28-27(20-24)29(21-8-6-5-7-9-21)30(34-28)31(36)33-23-12-15-25(39-4)16-13-23/h5-20,34-35H,1-4H3,(H,33,36). The van der Waals surface area contributed by atoms with Gasteiger partial charge in [-0.05, 0) is 71.1 Å². The molecule has 0 atom stereocenters. The molecule has 7 nitrogen and oxygen atoms in total. The molecule has 0 spiro atoms. The van der Waals surface area contributed by atoms with E-state index in [1.54, 1.807) is 61.7 Å². The van der Waals surface area contributed by atoms with Gasteiger partial charge in [0.05, 0.1) is 12.0 Å². The monoisotopic (exact) mass is 553 g/mol. The minimum Gasteiger partial charge on any atom is -0.497 e. The lowest BCUT2D eigenvalue weighted by Crippen LogP contribution is -2.14. The van der Waals surface area contributed by atoms with E-state index in [-0.39, 0.29) is 16.2 Å². The molecule has 40 heavy (non-hydrogen) atoms. The number of hydrogen-bond acceptors (Lipinski definition) is 4. The molecule has 3 N–H and O–H groups in total. The summed E-state index contributed by atoms with van der Waals surface area (Å²) in [5.41, 5.74) is 4.56. The summed E-state index contributed by atoms with van der Waals surface area (Å²) in [5.74, 6) is 0.370. The number of nitrogens with one attached hydrogen (secondary N) is 3. The molecule has 5 aromatic rings. The summed E-state index contributed by atoms with van der Waals surface area (Å²) in [4.78, 5) is 16.9. The lowest BCUT2D eigenvalue weighted by molar-refractivity contribution is 0.102. The fourth-order valence-electron chi connectivity index (χ4n) is 4.55. The first kappa shape index (κ1) is 27.0. The average molecular weight is 554 g/mol. The minimum atomic E-state index is -3.83. The van der Waals surface area contributed by atoms with Gasteiger partial charge in [-0.2, -0.15) is 0 Å². The largest absolute Gasteiger partial charge is 0.497 e. The molecular weight excluding hydrogens is 522 g/mol. The van der Waals surface area contributed by atoms with E-state index in [4.69, 9.17) is 4.74 Å². The molecule has 0 aliphatic carbocycles. The Morgan fingerprint density at radius 1 is 0.825 bits per heavy atom. The second-order valence-corrected chi connectivity index (χ2v) is 12.2. The molecule has 0 fully saturated rings. The highest BCUT2D eigenvalue weighted by Gasteiger charge is 2.22. The van der Waals surface area contributed by atoms with E-state index < -0.39 is 10.0 Å². The number of hydrogen-bond donors (Lipinski definition) is 3. The number of rotatable bonds is 7. The van der Waals surface area contributed by atoms with Gasteiger partial charge in [-0.15, -0.1) is 0 Å². The molecule has 0 saturated heterocycles. The number of ether oxygens (including phenoxy) is 1. The van der Waals surface area contributed by atoms with Crippen molar-refractivity contribution in [3.05, 3.63) is 108 Å². The van der Waals surface area contributed by atoms with Crippen LogP contribution in [0.15, 0.2) is 102 Å². The number of carbonyl (C=O) groups is 1. The van der Waals surface area contributed by atoms with E-state index in [0.717, 1.165) is 16.5 Å². The Labute approximate surface area is 234 Å². The molecule has 8 heteroatoms. The number of sulfonamides is 1. The van der Waals surface area contributed by atoms with E-state index in [1.807, 2.05) is 42.5 Å². The highest BCUT2D eigenvalue weighted by molar-refractivity contribution is 7.92. The van der Waals surface area contributed by atoms with Crippen molar-refractivity contribution in [3.63, 3.8) is 0 Å². The van der Waals surface area contributed by atoms with Crippen molar-refractivity contribution < 1.29 is 17.9 Å².